The molecule has 6 nitrogen and oxygen atoms in total. The van der Waals surface area contributed by atoms with Crippen molar-refractivity contribution < 1.29 is 9.53 Å². The maximum Gasteiger partial charge on any atom is 0.269 e. The molecule has 3 heterocycles. The molecule has 2 aromatic carbocycles. The average molecular weight is 486 g/mol. The molecule has 5 rings (SSSR count). The minimum absolute atomic E-state index is 0.133. The van der Waals surface area contributed by atoms with E-state index in [0.717, 1.165) is 22.9 Å². The van der Waals surface area contributed by atoms with E-state index in [1.165, 1.54) is 15.4 Å². The zero-order chi connectivity index (χ0) is 23.7. The number of aromatic nitrogens is 2. The summed E-state index contributed by atoms with van der Waals surface area (Å²) in [4.78, 5) is 33.0. The number of pyridine rings is 1. The lowest BCUT2D eigenvalue weighted by Gasteiger charge is -2.14. The predicted molar refractivity (Wildman–Crippen MR) is 138 cm³/mol. The Morgan fingerprint density at radius 2 is 1.74 bits per heavy atom. The van der Waals surface area contributed by atoms with Crippen molar-refractivity contribution in [2.45, 2.75) is 13.5 Å². The van der Waals surface area contributed by atoms with Gasteiger partial charge in [-0.25, -0.2) is 0 Å². The van der Waals surface area contributed by atoms with E-state index in [2.05, 4.69) is 4.98 Å². The second kappa shape index (κ2) is 9.24. The normalized spacial score (nSPS) is 14.9. The van der Waals surface area contributed by atoms with E-state index < -0.39 is 0 Å². The van der Waals surface area contributed by atoms with E-state index >= 15 is 0 Å². The van der Waals surface area contributed by atoms with Crippen LogP contribution in [0.15, 0.2) is 88.7 Å². The van der Waals surface area contributed by atoms with Gasteiger partial charge >= 0.3 is 0 Å². The Morgan fingerprint density at radius 3 is 2.50 bits per heavy atom. The molecule has 0 unspecified atom stereocenters. The first-order valence-corrected chi connectivity index (χ1v) is 11.8. The second-order valence-corrected chi connectivity index (χ2v) is 9.41. The van der Waals surface area contributed by atoms with Gasteiger partial charge in [-0.05, 0) is 42.8 Å². The fourth-order valence-corrected chi connectivity index (χ4v) is 4.77. The van der Waals surface area contributed by atoms with Crippen molar-refractivity contribution in [3.8, 4) is 11.6 Å². The van der Waals surface area contributed by atoms with Gasteiger partial charge in [-0.3, -0.25) is 18.9 Å². The zero-order valence-electron chi connectivity index (χ0n) is 18.2. The quantitative estimate of drug-likeness (QED) is 0.286. The monoisotopic (exact) mass is 485 g/mol. The van der Waals surface area contributed by atoms with E-state index in [-0.39, 0.29) is 22.9 Å². The highest BCUT2D eigenvalue weighted by Gasteiger charge is 2.32. The number of ether oxygens (including phenoxy) is 1. The highest BCUT2D eigenvalue weighted by Crippen LogP contribution is 2.35. The molecule has 4 aromatic rings. The lowest BCUT2D eigenvalue weighted by molar-refractivity contribution is -0.122. The highest BCUT2D eigenvalue weighted by atomic mass is 32.2. The molecule has 8 heteroatoms. The standard InChI is InChI=1S/C26H19N3O3S2/c1-17-10-12-19(13-11-17)32-23-20(24(30)28-14-6-5-9-22(28)27-23)15-21-25(31)29(26(33)34-21)16-18-7-3-2-4-8-18/h2-15H,16H2,1H3/b21-15-. The van der Waals surface area contributed by atoms with Crippen molar-refractivity contribution >= 4 is 45.9 Å². The fraction of sp³-hybridized carbons (Fsp3) is 0.0769. The molecule has 2 aromatic heterocycles. The number of thioether (sulfide) groups is 1. The Hall–Kier alpha value is -3.75. The van der Waals surface area contributed by atoms with Crippen molar-refractivity contribution in [1.29, 1.82) is 0 Å². The Kier molecular flexibility index (Phi) is 6.00. The van der Waals surface area contributed by atoms with E-state index in [9.17, 15) is 9.59 Å². The number of rotatable bonds is 5. The summed E-state index contributed by atoms with van der Waals surface area (Å²) in [5.74, 6) is 0.426. The molecule has 1 saturated heterocycles. The van der Waals surface area contributed by atoms with Crippen LogP contribution in [0.1, 0.15) is 16.7 Å². The van der Waals surface area contributed by atoms with Gasteiger partial charge in [-0.2, -0.15) is 4.98 Å². The fourth-order valence-electron chi connectivity index (χ4n) is 3.54. The van der Waals surface area contributed by atoms with E-state index in [4.69, 9.17) is 17.0 Å². The van der Waals surface area contributed by atoms with Crippen molar-refractivity contribution in [2.75, 3.05) is 0 Å². The van der Waals surface area contributed by atoms with Gasteiger partial charge in [0.1, 0.15) is 21.3 Å². The molecule has 0 radical (unpaired) electrons. The molecule has 0 aliphatic carbocycles. The molecule has 1 aliphatic heterocycles. The largest absolute Gasteiger partial charge is 0.438 e. The van der Waals surface area contributed by atoms with Crippen LogP contribution >= 0.6 is 24.0 Å². The van der Waals surface area contributed by atoms with Crippen LogP contribution in [0, 0.1) is 6.92 Å². The van der Waals surface area contributed by atoms with Gasteiger partial charge in [0.2, 0.25) is 5.88 Å². The highest BCUT2D eigenvalue weighted by molar-refractivity contribution is 8.26. The summed E-state index contributed by atoms with van der Waals surface area (Å²) in [6.45, 7) is 2.35. The topological polar surface area (TPSA) is 63.9 Å². The van der Waals surface area contributed by atoms with Crippen molar-refractivity contribution in [1.82, 2.24) is 14.3 Å². The van der Waals surface area contributed by atoms with Gasteiger partial charge < -0.3 is 4.74 Å². The summed E-state index contributed by atoms with van der Waals surface area (Å²) in [6.07, 6.45) is 3.17. The Balaban J connectivity index is 1.56. The number of aryl methyl sites for hydroxylation is 1. The van der Waals surface area contributed by atoms with Crippen LogP contribution in [0.25, 0.3) is 11.7 Å². The van der Waals surface area contributed by atoms with E-state index in [1.807, 2.05) is 61.5 Å². The molecule has 168 valence electrons. The number of carbonyl (C=O) groups is 1. The van der Waals surface area contributed by atoms with Crippen molar-refractivity contribution in [3.05, 3.63) is 111 Å². The zero-order valence-corrected chi connectivity index (χ0v) is 19.8. The minimum Gasteiger partial charge on any atom is -0.438 e. The number of thiocarbonyl (C=S) groups is 1. The molecule has 0 bridgehead atoms. The Labute approximate surface area is 205 Å². The van der Waals surface area contributed by atoms with E-state index in [0.29, 0.717) is 27.2 Å². The summed E-state index contributed by atoms with van der Waals surface area (Å²) in [7, 11) is 0. The first-order chi connectivity index (χ1) is 16.5. The van der Waals surface area contributed by atoms with Crippen LogP contribution in [0.4, 0.5) is 0 Å². The van der Waals surface area contributed by atoms with Crippen LogP contribution in [0.2, 0.25) is 0 Å². The van der Waals surface area contributed by atoms with Crippen molar-refractivity contribution in [3.63, 3.8) is 0 Å². The van der Waals surface area contributed by atoms with Gasteiger partial charge in [0.25, 0.3) is 11.5 Å². The molecule has 1 fully saturated rings. The van der Waals surface area contributed by atoms with Gasteiger partial charge in [0, 0.05) is 6.20 Å². The number of carbonyl (C=O) groups excluding carboxylic acids is 1. The molecule has 1 aliphatic rings. The smallest absolute Gasteiger partial charge is 0.269 e. The Morgan fingerprint density at radius 1 is 1.00 bits per heavy atom. The van der Waals surface area contributed by atoms with Crippen LogP contribution in [0.5, 0.6) is 11.6 Å². The van der Waals surface area contributed by atoms with Crippen molar-refractivity contribution in [2.24, 2.45) is 0 Å². The van der Waals surface area contributed by atoms with Crippen LogP contribution in [0.3, 0.4) is 0 Å². The molecule has 34 heavy (non-hydrogen) atoms. The second-order valence-electron chi connectivity index (χ2n) is 7.73. The number of nitrogens with zero attached hydrogens (tertiary/aromatic N) is 3. The SMILES string of the molecule is Cc1ccc(Oc2nc3ccccn3c(=O)c2/C=C2\SC(=S)N(Cc3ccccc3)C2=O)cc1. The van der Waals surface area contributed by atoms with E-state index in [1.54, 1.807) is 24.4 Å². The van der Waals surface area contributed by atoms with Gasteiger partial charge in [0.15, 0.2) is 0 Å². The molecular formula is C26H19N3O3S2. The lowest BCUT2D eigenvalue weighted by atomic mass is 10.2. The Bertz CT molecular complexity index is 1500. The molecule has 0 N–H and O–H groups in total. The van der Waals surface area contributed by atoms with Gasteiger partial charge in [-0.1, -0.05) is 78.1 Å². The molecule has 0 saturated carbocycles. The third-order valence-corrected chi connectivity index (χ3v) is 6.68. The molecule has 0 atom stereocenters. The van der Waals surface area contributed by atoms with Crippen LogP contribution in [-0.2, 0) is 11.3 Å². The number of amides is 1. The van der Waals surface area contributed by atoms with Gasteiger partial charge in [-0.15, -0.1) is 0 Å². The minimum atomic E-state index is -0.332. The third-order valence-electron chi connectivity index (χ3n) is 5.30. The number of benzene rings is 2. The first-order valence-electron chi connectivity index (χ1n) is 10.5. The summed E-state index contributed by atoms with van der Waals surface area (Å²) in [5, 5.41) is 0. The number of hydrogen-bond acceptors (Lipinski definition) is 6. The number of fused-ring (bicyclic) bond motifs is 1. The molecular weight excluding hydrogens is 466 g/mol. The predicted octanol–water partition coefficient (Wildman–Crippen LogP) is 5.20. The van der Waals surface area contributed by atoms with Crippen LogP contribution < -0.4 is 10.3 Å². The maximum absolute atomic E-state index is 13.4. The summed E-state index contributed by atoms with van der Waals surface area (Å²) < 4.78 is 7.88. The van der Waals surface area contributed by atoms with Crippen LogP contribution in [-0.4, -0.2) is 24.5 Å². The third kappa shape index (κ3) is 4.37. The number of hydrogen-bond donors (Lipinski definition) is 0. The molecule has 1 amide bonds. The summed E-state index contributed by atoms with van der Waals surface area (Å²) in [5.41, 5.74) is 2.35. The summed E-state index contributed by atoms with van der Waals surface area (Å²) in [6, 6.07) is 22.4. The maximum atomic E-state index is 13.4. The first kappa shape index (κ1) is 22.1. The molecule has 0 spiro atoms. The lowest BCUT2D eigenvalue weighted by Crippen LogP contribution is -2.27. The average Bonchev–Trinajstić information content (AvgIpc) is 3.11. The summed E-state index contributed by atoms with van der Waals surface area (Å²) >= 11 is 6.63. The van der Waals surface area contributed by atoms with Gasteiger partial charge in [0.05, 0.1) is 11.4 Å².